The minimum absolute atomic E-state index is 0.200. The summed E-state index contributed by atoms with van der Waals surface area (Å²) < 4.78 is 5.41. The molecular weight excluding hydrogens is 226 g/mol. The average Bonchev–Trinajstić information content (AvgIpc) is 2.78. The smallest absolute Gasteiger partial charge is 0.123 e. The lowest BCUT2D eigenvalue weighted by Gasteiger charge is -2.19. The molecule has 18 heavy (non-hydrogen) atoms. The predicted molar refractivity (Wildman–Crippen MR) is 72.8 cm³/mol. The largest absolute Gasteiger partial charge is 0.496 e. The molecule has 0 aromatic heterocycles. The van der Waals surface area contributed by atoms with Crippen LogP contribution in [0, 0.1) is 12.8 Å². The summed E-state index contributed by atoms with van der Waals surface area (Å²) in [4.78, 5) is 2.40. The Hall–Kier alpha value is -1.06. The van der Waals surface area contributed by atoms with Gasteiger partial charge in [0.05, 0.1) is 13.2 Å². The second-order valence-electron chi connectivity index (χ2n) is 5.34. The van der Waals surface area contributed by atoms with Crippen LogP contribution in [0.25, 0.3) is 0 Å². The van der Waals surface area contributed by atoms with Crippen LogP contribution in [0.15, 0.2) is 18.2 Å². The second kappa shape index (κ2) is 5.72. The van der Waals surface area contributed by atoms with Crippen LogP contribution in [-0.2, 0) is 6.54 Å². The van der Waals surface area contributed by atoms with E-state index in [0.29, 0.717) is 5.92 Å². The zero-order valence-corrected chi connectivity index (χ0v) is 11.5. The van der Waals surface area contributed by atoms with Gasteiger partial charge in [-0.3, -0.25) is 4.90 Å². The molecule has 1 aliphatic rings. The summed E-state index contributed by atoms with van der Waals surface area (Å²) in [6, 6.07) is 6.30. The molecule has 0 spiro atoms. The van der Waals surface area contributed by atoms with Crippen LogP contribution >= 0.6 is 0 Å². The molecule has 1 aliphatic heterocycles. The number of nitrogens with zero attached hydrogens (tertiary/aromatic N) is 1. The number of ether oxygens (including phenoxy) is 1. The zero-order chi connectivity index (χ0) is 13.1. The first-order valence-corrected chi connectivity index (χ1v) is 6.64. The number of aliphatic hydroxyl groups excluding tert-OH is 1. The molecule has 2 rings (SSSR count). The van der Waals surface area contributed by atoms with E-state index < -0.39 is 0 Å². The quantitative estimate of drug-likeness (QED) is 0.888. The predicted octanol–water partition coefficient (Wildman–Crippen LogP) is 2.21. The average molecular weight is 249 g/mol. The molecule has 2 atom stereocenters. The molecule has 1 N–H and O–H groups in total. The normalized spacial score (nSPS) is 22.1. The summed E-state index contributed by atoms with van der Waals surface area (Å²) in [7, 11) is 1.72. The van der Waals surface area contributed by atoms with Crippen LogP contribution in [0.4, 0.5) is 0 Å². The van der Waals surface area contributed by atoms with Crippen molar-refractivity contribution in [1.82, 2.24) is 4.90 Å². The summed E-state index contributed by atoms with van der Waals surface area (Å²) in [5.74, 6) is 1.38. The van der Waals surface area contributed by atoms with Gasteiger partial charge in [0.1, 0.15) is 5.75 Å². The Labute approximate surface area is 109 Å². The molecular formula is C15H23NO2. The molecule has 1 heterocycles. The Morgan fingerprint density at radius 3 is 2.89 bits per heavy atom. The van der Waals surface area contributed by atoms with Gasteiger partial charge in [-0.1, -0.05) is 17.7 Å². The SMILES string of the molecule is COc1ccc(C)cc1CN1CCC(C(C)O)C1. The van der Waals surface area contributed by atoms with Gasteiger partial charge in [-0.05, 0) is 38.8 Å². The van der Waals surface area contributed by atoms with Gasteiger partial charge in [-0.15, -0.1) is 0 Å². The van der Waals surface area contributed by atoms with Gasteiger partial charge in [-0.2, -0.15) is 0 Å². The number of likely N-dealkylation sites (tertiary alicyclic amines) is 1. The van der Waals surface area contributed by atoms with Crippen molar-refractivity contribution in [2.24, 2.45) is 5.92 Å². The maximum atomic E-state index is 9.63. The lowest BCUT2D eigenvalue weighted by atomic mass is 10.0. The third-order valence-corrected chi connectivity index (χ3v) is 3.82. The fourth-order valence-electron chi connectivity index (χ4n) is 2.67. The van der Waals surface area contributed by atoms with E-state index in [1.807, 2.05) is 13.0 Å². The lowest BCUT2D eigenvalue weighted by molar-refractivity contribution is 0.127. The summed E-state index contributed by atoms with van der Waals surface area (Å²) in [5.41, 5.74) is 2.50. The molecule has 1 aromatic carbocycles. The fourth-order valence-corrected chi connectivity index (χ4v) is 2.67. The third-order valence-electron chi connectivity index (χ3n) is 3.82. The van der Waals surface area contributed by atoms with Crippen molar-refractivity contribution in [2.75, 3.05) is 20.2 Å². The standard InChI is InChI=1S/C15H23NO2/c1-11-4-5-15(18-3)14(8-11)10-16-7-6-13(9-16)12(2)17/h4-5,8,12-13,17H,6-7,9-10H2,1-3H3. The lowest BCUT2D eigenvalue weighted by Crippen LogP contribution is -2.24. The van der Waals surface area contributed by atoms with Crippen molar-refractivity contribution in [2.45, 2.75) is 32.9 Å². The minimum atomic E-state index is -0.200. The van der Waals surface area contributed by atoms with E-state index in [4.69, 9.17) is 4.74 Å². The van der Waals surface area contributed by atoms with E-state index in [2.05, 4.69) is 24.0 Å². The van der Waals surface area contributed by atoms with Gasteiger partial charge in [0.2, 0.25) is 0 Å². The van der Waals surface area contributed by atoms with E-state index in [-0.39, 0.29) is 6.10 Å². The highest BCUT2D eigenvalue weighted by atomic mass is 16.5. The molecule has 1 saturated heterocycles. The maximum absolute atomic E-state index is 9.63. The molecule has 3 nitrogen and oxygen atoms in total. The number of hydrogen-bond donors (Lipinski definition) is 1. The second-order valence-corrected chi connectivity index (χ2v) is 5.34. The molecule has 0 saturated carbocycles. The number of rotatable bonds is 4. The van der Waals surface area contributed by atoms with E-state index in [9.17, 15) is 5.11 Å². The van der Waals surface area contributed by atoms with Gasteiger partial charge >= 0.3 is 0 Å². The van der Waals surface area contributed by atoms with E-state index >= 15 is 0 Å². The van der Waals surface area contributed by atoms with Crippen LogP contribution in [0.1, 0.15) is 24.5 Å². The van der Waals surface area contributed by atoms with Gasteiger partial charge in [0, 0.05) is 18.7 Å². The first kappa shape index (κ1) is 13.4. The fraction of sp³-hybridized carbons (Fsp3) is 0.600. The molecule has 0 radical (unpaired) electrons. The first-order valence-electron chi connectivity index (χ1n) is 6.64. The molecule has 3 heteroatoms. The molecule has 100 valence electrons. The summed E-state index contributed by atoms with van der Waals surface area (Å²) in [6.07, 6.45) is 0.889. The van der Waals surface area contributed by atoms with Crippen molar-refractivity contribution in [3.05, 3.63) is 29.3 Å². The monoisotopic (exact) mass is 249 g/mol. The van der Waals surface area contributed by atoms with Crippen molar-refractivity contribution >= 4 is 0 Å². The number of benzene rings is 1. The first-order chi connectivity index (χ1) is 8.60. The molecule has 1 aromatic rings. The Kier molecular flexibility index (Phi) is 4.25. The van der Waals surface area contributed by atoms with Gasteiger partial charge < -0.3 is 9.84 Å². The minimum Gasteiger partial charge on any atom is -0.496 e. The van der Waals surface area contributed by atoms with Gasteiger partial charge in [0.15, 0.2) is 0 Å². The van der Waals surface area contributed by atoms with Crippen LogP contribution in [0.3, 0.4) is 0 Å². The van der Waals surface area contributed by atoms with E-state index in [1.54, 1.807) is 7.11 Å². The highest BCUT2D eigenvalue weighted by Gasteiger charge is 2.26. The highest BCUT2D eigenvalue weighted by Crippen LogP contribution is 2.26. The third kappa shape index (κ3) is 3.03. The zero-order valence-electron chi connectivity index (χ0n) is 11.5. The molecule has 1 fully saturated rings. The Bertz CT molecular complexity index is 403. The van der Waals surface area contributed by atoms with Crippen molar-refractivity contribution < 1.29 is 9.84 Å². The van der Waals surface area contributed by atoms with Crippen LogP contribution in [0.5, 0.6) is 5.75 Å². The Morgan fingerprint density at radius 1 is 1.50 bits per heavy atom. The number of methoxy groups -OCH3 is 1. The number of hydrogen-bond acceptors (Lipinski definition) is 3. The Morgan fingerprint density at radius 2 is 2.28 bits per heavy atom. The van der Waals surface area contributed by atoms with Crippen molar-refractivity contribution in [3.63, 3.8) is 0 Å². The topological polar surface area (TPSA) is 32.7 Å². The van der Waals surface area contributed by atoms with Gasteiger partial charge in [-0.25, -0.2) is 0 Å². The molecule has 2 unspecified atom stereocenters. The summed E-state index contributed by atoms with van der Waals surface area (Å²) in [6.45, 7) is 6.95. The van der Waals surface area contributed by atoms with Gasteiger partial charge in [0.25, 0.3) is 0 Å². The van der Waals surface area contributed by atoms with Crippen LogP contribution < -0.4 is 4.74 Å². The molecule has 0 amide bonds. The highest BCUT2D eigenvalue weighted by molar-refractivity contribution is 5.36. The Balaban J connectivity index is 2.04. The van der Waals surface area contributed by atoms with E-state index in [1.165, 1.54) is 11.1 Å². The maximum Gasteiger partial charge on any atom is 0.123 e. The summed E-state index contributed by atoms with van der Waals surface area (Å²) in [5, 5.41) is 9.63. The molecule has 0 aliphatic carbocycles. The van der Waals surface area contributed by atoms with E-state index in [0.717, 1.165) is 31.8 Å². The number of aliphatic hydroxyl groups is 1. The van der Waals surface area contributed by atoms with Crippen LogP contribution in [0.2, 0.25) is 0 Å². The summed E-state index contributed by atoms with van der Waals surface area (Å²) >= 11 is 0. The van der Waals surface area contributed by atoms with Crippen LogP contribution in [-0.4, -0.2) is 36.3 Å². The number of aryl methyl sites for hydroxylation is 1. The molecule has 0 bridgehead atoms. The van der Waals surface area contributed by atoms with Crippen molar-refractivity contribution in [1.29, 1.82) is 0 Å². The van der Waals surface area contributed by atoms with Crippen molar-refractivity contribution in [3.8, 4) is 5.75 Å².